The molecular weight excluding hydrogens is 368 g/mol. The molecule has 0 heterocycles. The standard InChI is InChI=1S/C27H48OSi/c1-11-12-13-19-27(20-15-18-26(10)17-14-16-22(2)3)21-28-29(23(4)5,24(6)7)25(8)9/h1,16,18-19,23-25H,12-15,17,20-21H2,2-10H3/b26-18+,27-19-. The highest BCUT2D eigenvalue weighted by molar-refractivity contribution is 6.77. The van der Waals surface area contributed by atoms with Gasteiger partial charge in [-0.1, -0.05) is 70.9 Å². The largest absolute Gasteiger partial charge is 0.412 e. The molecule has 0 fully saturated rings. The van der Waals surface area contributed by atoms with Crippen molar-refractivity contribution in [3.05, 3.63) is 34.9 Å². The van der Waals surface area contributed by atoms with E-state index in [-0.39, 0.29) is 0 Å². The third-order valence-electron chi connectivity index (χ3n) is 5.99. The second-order valence-electron chi connectivity index (χ2n) is 9.62. The summed E-state index contributed by atoms with van der Waals surface area (Å²) in [6.07, 6.45) is 18.8. The summed E-state index contributed by atoms with van der Waals surface area (Å²) in [6, 6.07) is 0. The van der Waals surface area contributed by atoms with E-state index in [1.807, 2.05) is 0 Å². The van der Waals surface area contributed by atoms with Crippen molar-refractivity contribution in [2.24, 2.45) is 0 Å². The molecule has 1 nitrogen and oxygen atoms in total. The fraction of sp³-hybridized carbons (Fsp3) is 0.704. The summed E-state index contributed by atoms with van der Waals surface area (Å²) in [5.74, 6) is 2.76. The second kappa shape index (κ2) is 14.9. The Balaban J connectivity index is 5.09. The summed E-state index contributed by atoms with van der Waals surface area (Å²) in [7, 11) is -1.83. The molecule has 2 heteroatoms. The van der Waals surface area contributed by atoms with E-state index in [1.54, 1.807) is 0 Å². The first-order valence-electron chi connectivity index (χ1n) is 11.6. The monoisotopic (exact) mass is 416 g/mol. The number of rotatable bonds is 14. The first-order chi connectivity index (χ1) is 13.6. The molecule has 0 amide bonds. The van der Waals surface area contributed by atoms with Gasteiger partial charge in [0, 0.05) is 6.42 Å². The van der Waals surface area contributed by atoms with Crippen molar-refractivity contribution >= 4 is 8.32 Å². The number of allylic oxidation sites excluding steroid dienone is 5. The van der Waals surface area contributed by atoms with Crippen LogP contribution < -0.4 is 0 Å². The lowest BCUT2D eigenvalue weighted by atomic mass is 10.1. The molecule has 29 heavy (non-hydrogen) atoms. The topological polar surface area (TPSA) is 9.23 Å². The Bertz CT molecular complexity index is 558. The molecule has 0 aromatic rings. The van der Waals surface area contributed by atoms with Crippen LogP contribution in [0, 0.1) is 12.3 Å². The molecule has 0 bridgehead atoms. The van der Waals surface area contributed by atoms with E-state index in [1.165, 1.54) is 16.7 Å². The molecule has 0 aliphatic carbocycles. The van der Waals surface area contributed by atoms with E-state index < -0.39 is 8.32 Å². The van der Waals surface area contributed by atoms with Gasteiger partial charge in [-0.15, -0.1) is 12.3 Å². The Morgan fingerprint density at radius 1 is 0.828 bits per heavy atom. The molecule has 0 radical (unpaired) electrons. The Labute approximate surface area is 184 Å². The van der Waals surface area contributed by atoms with Gasteiger partial charge < -0.3 is 4.43 Å². The summed E-state index contributed by atoms with van der Waals surface area (Å²) < 4.78 is 6.85. The van der Waals surface area contributed by atoms with Crippen molar-refractivity contribution in [3.63, 3.8) is 0 Å². The van der Waals surface area contributed by atoms with Crippen LogP contribution in [0.3, 0.4) is 0 Å². The number of hydrogen-bond acceptors (Lipinski definition) is 1. The van der Waals surface area contributed by atoms with Crippen molar-refractivity contribution in [2.75, 3.05) is 6.61 Å². The molecule has 0 saturated heterocycles. The zero-order valence-corrected chi connectivity index (χ0v) is 21.9. The first-order valence-corrected chi connectivity index (χ1v) is 13.8. The maximum absolute atomic E-state index is 6.85. The Morgan fingerprint density at radius 2 is 1.38 bits per heavy atom. The Kier molecular flexibility index (Phi) is 14.3. The van der Waals surface area contributed by atoms with E-state index in [2.05, 4.69) is 86.5 Å². The molecule has 0 aromatic heterocycles. The van der Waals surface area contributed by atoms with Crippen LogP contribution in [0.25, 0.3) is 0 Å². The van der Waals surface area contributed by atoms with Crippen molar-refractivity contribution in [2.45, 2.75) is 117 Å². The Hall–Kier alpha value is -1.04. The smallest absolute Gasteiger partial charge is 0.200 e. The summed E-state index contributed by atoms with van der Waals surface area (Å²) in [5.41, 5.74) is 6.17. The van der Waals surface area contributed by atoms with Gasteiger partial charge in [0.2, 0.25) is 8.32 Å². The molecule has 0 aliphatic heterocycles. The van der Waals surface area contributed by atoms with Crippen molar-refractivity contribution < 1.29 is 4.43 Å². The van der Waals surface area contributed by atoms with Gasteiger partial charge in [0.05, 0.1) is 6.61 Å². The summed E-state index contributed by atoms with van der Waals surface area (Å²) in [5, 5.41) is 0. The van der Waals surface area contributed by atoms with Crippen LogP contribution in [0.15, 0.2) is 34.9 Å². The van der Waals surface area contributed by atoms with Gasteiger partial charge in [-0.05, 0) is 75.1 Å². The normalized spacial score (nSPS) is 13.3. The molecule has 0 spiro atoms. The predicted octanol–water partition coefficient (Wildman–Crippen LogP) is 8.99. The van der Waals surface area contributed by atoms with Crippen LogP contribution >= 0.6 is 0 Å². The number of unbranched alkanes of at least 4 members (excludes halogenated alkanes) is 1. The van der Waals surface area contributed by atoms with Crippen LogP contribution in [0.1, 0.15) is 101 Å². The summed E-state index contributed by atoms with van der Waals surface area (Å²) >= 11 is 0. The second-order valence-corrected chi connectivity index (χ2v) is 15.1. The highest BCUT2D eigenvalue weighted by Crippen LogP contribution is 2.42. The Morgan fingerprint density at radius 3 is 1.86 bits per heavy atom. The zero-order valence-electron chi connectivity index (χ0n) is 20.9. The fourth-order valence-corrected chi connectivity index (χ4v) is 9.94. The van der Waals surface area contributed by atoms with Crippen LogP contribution in [0.5, 0.6) is 0 Å². The van der Waals surface area contributed by atoms with Crippen LogP contribution in [-0.2, 0) is 4.43 Å². The van der Waals surface area contributed by atoms with Gasteiger partial charge in [-0.2, -0.15) is 0 Å². The average Bonchev–Trinajstić information content (AvgIpc) is 2.60. The molecule has 166 valence electrons. The SMILES string of the molecule is C#CCC/C=C(/CC/C=C(\C)CCC=C(C)C)CO[Si](C(C)C)(C(C)C)C(C)C. The van der Waals surface area contributed by atoms with Crippen LogP contribution in [0.4, 0.5) is 0 Å². The lowest BCUT2D eigenvalue weighted by Crippen LogP contribution is -2.48. The highest BCUT2D eigenvalue weighted by Gasteiger charge is 2.44. The number of terminal acetylenes is 1. The average molecular weight is 417 g/mol. The minimum absolute atomic E-state index is 0.617. The predicted molar refractivity (Wildman–Crippen MR) is 135 cm³/mol. The van der Waals surface area contributed by atoms with Crippen molar-refractivity contribution in [1.82, 2.24) is 0 Å². The van der Waals surface area contributed by atoms with E-state index >= 15 is 0 Å². The summed E-state index contributed by atoms with van der Waals surface area (Å²) in [4.78, 5) is 0. The van der Waals surface area contributed by atoms with Gasteiger partial charge in [-0.3, -0.25) is 0 Å². The first kappa shape index (κ1) is 28.0. The van der Waals surface area contributed by atoms with E-state index in [9.17, 15) is 0 Å². The van der Waals surface area contributed by atoms with Crippen molar-refractivity contribution in [1.29, 1.82) is 0 Å². The third-order valence-corrected chi connectivity index (χ3v) is 12.0. The van der Waals surface area contributed by atoms with Crippen LogP contribution in [-0.4, -0.2) is 14.9 Å². The maximum Gasteiger partial charge on any atom is 0.200 e. The quantitative estimate of drug-likeness (QED) is 0.119. The highest BCUT2D eigenvalue weighted by atomic mass is 28.4. The van der Waals surface area contributed by atoms with Gasteiger partial charge in [0.1, 0.15) is 0 Å². The van der Waals surface area contributed by atoms with E-state index in [0.29, 0.717) is 16.6 Å². The maximum atomic E-state index is 6.85. The number of hydrogen-bond donors (Lipinski definition) is 0. The molecule has 0 aromatic carbocycles. The van der Waals surface area contributed by atoms with Crippen LogP contribution in [0.2, 0.25) is 16.6 Å². The minimum Gasteiger partial charge on any atom is -0.412 e. The molecule has 0 N–H and O–H groups in total. The molecule has 0 saturated carbocycles. The summed E-state index contributed by atoms with van der Waals surface area (Å²) in [6.45, 7) is 21.5. The molecule has 0 atom stereocenters. The van der Waals surface area contributed by atoms with E-state index in [0.717, 1.165) is 45.1 Å². The lowest BCUT2D eigenvalue weighted by molar-refractivity contribution is 0.303. The zero-order chi connectivity index (χ0) is 22.4. The van der Waals surface area contributed by atoms with Crippen molar-refractivity contribution in [3.8, 4) is 12.3 Å². The molecular formula is C27H48OSi. The molecule has 0 unspecified atom stereocenters. The molecule has 0 rings (SSSR count). The lowest BCUT2D eigenvalue weighted by Gasteiger charge is -2.42. The van der Waals surface area contributed by atoms with Gasteiger partial charge in [0.25, 0.3) is 0 Å². The third kappa shape index (κ3) is 10.5. The molecule has 0 aliphatic rings. The van der Waals surface area contributed by atoms with Gasteiger partial charge in [0.15, 0.2) is 0 Å². The van der Waals surface area contributed by atoms with E-state index in [4.69, 9.17) is 10.8 Å². The fourth-order valence-electron chi connectivity index (χ4n) is 4.51. The van der Waals surface area contributed by atoms with Gasteiger partial charge >= 0.3 is 0 Å². The minimum atomic E-state index is -1.83. The van der Waals surface area contributed by atoms with Gasteiger partial charge in [-0.25, -0.2) is 0 Å².